The number of rotatable bonds is 14. The van der Waals surface area contributed by atoms with Gasteiger partial charge in [-0.1, -0.05) is 0 Å². The average molecular weight is 405 g/mol. The standard InChI is InChI=1S/C15H23N3O10/c16-7(1-5-11(20)21)13(24)18-9(15(27)28)2-4-10(19)17-8(14(25)26)3-6-12(22)23/h7-9H,1-6,16H2,(H,17,19)(H,18,24)(H,20,21)(H,22,23)(H,25,26)(H,27,28)/t7-,8-,9-/m0/s1. The molecule has 0 saturated carbocycles. The molecule has 0 aromatic rings. The molecule has 0 aliphatic carbocycles. The Kier molecular flexibility index (Phi) is 10.8. The fraction of sp³-hybridized carbons (Fsp3) is 0.600. The second kappa shape index (κ2) is 12.2. The van der Waals surface area contributed by atoms with Crippen molar-refractivity contribution in [3.8, 4) is 0 Å². The Hall–Kier alpha value is -3.22. The first kappa shape index (κ1) is 24.8. The molecule has 0 aromatic carbocycles. The Balaban J connectivity index is 4.64. The van der Waals surface area contributed by atoms with Crippen LogP contribution in [-0.4, -0.2) is 74.2 Å². The molecule has 0 fully saturated rings. The zero-order chi connectivity index (χ0) is 21.9. The second-order valence-electron chi connectivity index (χ2n) is 5.87. The van der Waals surface area contributed by atoms with Crippen LogP contribution in [0.3, 0.4) is 0 Å². The fourth-order valence-corrected chi connectivity index (χ4v) is 2.01. The lowest BCUT2D eigenvalue weighted by Crippen LogP contribution is -2.49. The van der Waals surface area contributed by atoms with E-state index in [4.69, 9.17) is 26.2 Å². The van der Waals surface area contributed by atoms with Gasteiger partial charge in [-0.15, -0.1) is 0 Å². The van der Waals surface area contributed by atoms with Crippen LogP contribution in [0.2, 0.25) is 0 Å². The third-order valence-corrected chi connectivity index (χ3v) is 3.56. The van der Waals surface area contributed by atoms with Gasteiger partial charge in [0.15, 0.2) is 0 Å². The maximum Gasteiger partial charge on any atom is 0.326 e. The van der Waals surface area contributed by atoms with Crippen molar-refractivity contribution in [2.45, 2.75) is 56.7 Å². The van der Waals surface area contributed by atoms with Crippen LogP contribution in [0.1, 0.15) is 38.5 Å². The zero-order valence-corrected chi connectivity index (χ0v) is 14.8. The number of aliphatic carboxylic acids is 4. The predicted molar refractivity (Wildman–Crippen MR) is 90.1 cm³/mol. The van der Waals surface area contributed by atoms with E-state index in [0.717, 1.165) is 0 Å². The predicted octanol–water partition coefficient (Wildman–Crippen LogP) is -2.04. The quantitative estimate of drug-likeness (QED) is 0.166. The molecule has 0 bridgehead atoms. The van der Waals surface area contributed by atoms with Gasteiger partial charge < -0.3 is 36.8 Å². The van der Waals surface area contributed by atoms with Gasteiger partial charge in [-0.25, -0.2) is 9.59 Å². The van der Waals surface area contributed by atoms with Gasteiger partial charge in [0.1, 0.15) is 12.1 Å². The molecule has 13 nitrogen and oxygen atoms in total. The number of nitrogens with two attached hydrogens (primary N) is 1. The molecule has 2 amide bonds. The van der Waals surface area contributed by atoms with Crippen LogP contribution in [-0.2, 0) is 28.8 Å². The number of hydrogen-bond donors (Lipinski definition) is 7. The molecule has 0 aliphatic heterocycles. The Bertz CT molecular complexity index is 621. The molecule has 8 N–H and O–H groups in total. The van der Waals surface area contributed by atoms with Crippen molar-refractivity contribution in [3.63, 3.8) is 0 Å². The van der Waals surface area contributed by atoms with Gasteiger partial charge in [0.05, 0.1) is 6.04 Å². The van der Waals surface area contributed by atoms with Gasteiger partial charge in [-0.3, -0.25) is 19.2 Å². The molecule has 13 heteroatoms. The Morgan fingerprint density at radius 3 is 1.57 bits per heavy atom. The Labute approximate surface area is 158 Å². The number of carboxylic acids is 4. The molecule has 0 radical (unpaired) electrons. The Morgan fingerprint density at radius 2 is 1.11 bits per heavy atom. The maximum atomic E-state index is 11.8. The molecule has 0 unspecified atom stereocenters. The fourth-order valence-electron chi connectivity index (χ4n) is 2.01. The minimum absolute atomic E-state index is 0.210. The summed E-state index contributed by atoms with van der Waals surface area (Å²) in [6, 6.07) is -4.21. The molecule has 158 valence electrons. The van der Waals surface area contributed by atoms with E-state index in [9.17, 15) is 28.8 Å². The number of carboxylic acid groups (broad SMARTS) is 4. The highest BCUT2D eigenvalue weighted by Gasteiger charge is 2.26. The van der Waals surface area contributed by atoms with E-state index in [1.807, 2.05) is 0 Å². The topological polar surface area (TPSA) is 233 Å². The first-order valence-corrected chi connectivity index (χ1v) is 8.18. The maximum absolute atomic E-state index is 11.8. The number of amides is 2. The summed E-state index contributed by atoms with van der Waals surface area (Å²) in [5.41, 5.74) is 5.47. The number of carbonyl (C=O) groups excluding carboxylic acids is 2. The van der Waals surface area contributed by atoms with E-state index < -0.39 is 66.7 Å². The van der Waals surface area contributed by atoms with E-state index in [1.165, 1.54) is 0 Å². The molecular weight excluding hydrogens is 382 g/mol. The van der Waals surface area contributed by atoms with Crippen molar-refractivity contribution in [3.05, 3.63) is 0 Å². The van der Waals surface area contributed by atoms with Crippen molar-refractivity contribution >= 4 is 35.7 Å². The highest BCUT2D eigenvalue weighted by atomic mass is 16.4. The molecular formula is C15H23N3O10. The number of nitrogens with one attached hydrogen (secondary N) is 2. The molecule has 0 heterocycles. The lowest BCUT2D eigenvalue weighted by atomic mass is 10.1. The van der Waals surface area contributed by atoms with Gasteiger partial charge in [0.25, 0.3) is 0 Å². The van der Waals surface area contributed by atoms with Gasteiger partial charge in [-0.05, 0) is 19.3 Å². The monoisotopic (exact) mass is 405 g/mol. The van der Waals surface area contributed by atoms with Crippen molar-refractivity contribution < 1.29 is 49.2 Å². The summed E-state index contributed by atoms with van der Waals surface area (Å²) < 4.78 is 0. The minimum Gasteiger partial charge on any atom is -0.481 e. The number of hydrogen-bond acceptors (Lipinski definition) is 7. The molecule has 0 aromatic heterocycles. The summed E-state index contributed by atoms with van der Waals surface area (Å²) in [6.07, 6.45) is -2.28. The van der Waals surface area contributed by atoms with Crippen LogP contribution < -0.4 is 16.4 Å². The van der Waals surface area contributed by atoms with E-state index in [1.54, 1.807) is 0 Å². The van der Waals surface area contributed by atoms with E-state index in [2.05, 4.69) is 10.6 Å². The molecule has 0 saturated heterocycles. The van der Waals surface area contributed by atoms with Crippen molar-refractivity contribution in [2.24, 2.45) is 5.73 Å². The first-order valence-electron chi connectivity index (χ1n) is 8.18. The largest absolute Gasteiger partial charge is 0.481 e. The first-order chi connectivity index (χ1) is 12.9. The average Bonchev–Trinajstić information content (AvgIpc) is 2.58. The van der Waals surface area contributed by atoms with E-state index in [0.29, 0.717) is 0 Å². The van der Waals surface area contributed by atoms with Gasteiger partial charge >= 0.3 is 23.9 Å². The SMILES string of the molecule is N[C@@H](CCC(=O)O)C(=O)N[C@@H](CCC(=O)N[C@@H](CCC(=O)O)C(=O)O)C(=O)O. The van der Waals surface area contributed by atoms with Crippen molar-refractivity contribution in [1.82, 2.24) is 10.6 Å². The molecule has 0 aliphatic rings. The molecule has 0 rings (SSSR count). The van der Waals surface area contributed by atoms with Gasteiger partial charge in [0.2, 0.25) is 11.8 Å². The second-order valence-corrected chi connectivity index (χ2v) is 5.87. The highest BCUT2D eigenvalue weighted by molar-refractivity contribution is 5.88. The molecule has 3 atom stereocenters. The summed E-state index contributed by atoms with van der Waals surface area (Å²) in [5.74, 6) is -7.07. The third kappa shape index (κ3) is 10.7. The zero-order valence-electron chi connectivity index (χ0n) is 14.8. The van der Waals surface area contributed by atoms with E-state index >= 15 is 0 Å². The summed E-state index contributed by atoms with van der Waals surface area (Å²) >= 11 is 0. The normalized spacial score (nSPS) is 13.6. The third-order valence-electron chi connectivity index (χ3n) is 3.56. The van der Waals surface area contributed by atoms with Crippen LogP contribution in [0.5, 0.6) is 0 Å². The summed E-state index contributed by atoms with van der Waals surface area (Å²) in [6.45, 7) is 0. The Morgan fingerprint density at radius 1 is 0.679 bits per heavy atom. The minimum atomic E-state index is -1.50. The number of carbonyl (C=O) groups is 6. The van der Waals surface area contributed by atoms with Crippen LogP contribution >= 0.6 is 0 Å². The lowest BCUT2D eigenvalue weighted by Gasteiger charge is -2.18. The summed E-state index contributed by atoms with van der Waals surface area (Å²) in [5, 5.41) is 39.3. The van der Waals surface area contributed by atoms with Gasteiger partial charge in [-0.2, -0.15) is 0 Å². The van der Waals surface area contributed by atoms with Crippen LogP contribution in [0.15, 0.2) is 0 Å². The van der Waals surface area contributed by atoms with Crippen molar-refractivity contribution in [1.29, 1.82) is 0 Å². The molecule has 0 spiro atoms. The van der Waals surface area contributed by atoms with Crippen LogP contribution in [0.25, 0.3) is 0 Å². The van der Waals surface area contributed by atoms with Crippen LogP contribution in [0.4, 0.5) is 0 Å². The van der Waals surface area contributed by atoms with Crippen LogP contribution in [0, 0.1) is 0 Å². The van der Waals surface area contributed by atoms with Crippen molar-refractivity contribution in [2.75, 3.05) is 0 Å². The smallest absolute Gasteiger partial charge is 0.326 e. The summed E-state index contributed by atoms with van der Waals surface area (Å²) in [4.78, 5) is 66.8. The highest BCUT2D eigenvalue weighted by Crippen LogP contribution is 2.04. The van der Waals surface area contributed by atoms with Gasteiger partial charge in [0, 0.05) is 19.3 Å². The molecule has 28 heavy (non-hydrogen) atoms. The van der Waals surface area contributed by atoms with E-state index in [-0.39, 0.29) is 25.7 Å². The summed E-state index contributed by atoms with van der Waals surface area (Å²) in [7, 11) is 0. The lowest BCUT2D eigenvalue weighted by molar-refractivity contribution is -0.144.